The zero-order valence-corrected chi connectivity index (χ0v) is 26.3. The van der Waals surface area contributed by atoms with Gasteiger partial charge in [0.1, 0.15) is 5.82 Å². The van der Waals surface area contributed by atoms with Crippen LogP contribution in [0.3, 0.4) is 0 Å². The summed E-state index contributed by atoms with van der Waals surface area (Å²) in [5.41, 5.74) is 1.04. The summed E-state index contributed by atoms with van der Waals surface area (Å²) in [7, 11) is 0. The number of unbranched alkanes of at least 4 members (excludes halogenated alkanes) is 1. The van der Waals surface area contributed by atoms with E-state index in [1.54, 1.807) is 44.7 Å². The molecule has 1 saturated heterocycles. The molecule has 2 amide bonds. The van der Waals surface area contributed by atoms with E-state index in [1.807, 2.05) is 37.3 Å². The van der Waals surface area contributed by atoms with Gasteiger partial charge in [0.25, 0.3) is 5.91 Å². The largest absolute Gasteiger partial charge is 0.416 e. The number of alkyl halides is 3. The molecule has 0 radical (unpaired) electrons. The molecular weight excluding hydrogens is 623 g/mol. The molecule has 0 saturated carbocycles. The Balaban J connectivity index is 1.16. The average Bonchev–Trinajstić information content (AvgIpc) is 3.42. The number of carbonyl (C=O) groups excluding carboxylic acids is 2. The van der Waals surface area contributed by atoms with Crippen molar-refractivity contribution in [3.8, 4) is 5.69 Å². The van der Waals surface area contributed by atoms with Gasteiger partial charge in [-0.1, -0.05) is 71.9 Å². The normalized spacial score (nSPS) is 15.4. The van der Waals surface area contributed by atoms with Gasteiger partial charge in [0, 0.05) is 44.3 Å². The van der Waals surface area contributed by atoms with E-state index < -0.39 is 11.7 Å². The first-order valence-electron chi connectivity index (χ1n) is 14.7. The second kappa shape index (κ2) is 14.5. The minimum absolute atomic E-state index is 0.0361. The van der Waals surface area contributed by atoms with Crippen molar-refractivity contribution in [2.45, 2.75) is 50.0 Å². The zero-order chi connectivity index (χ0) is 32.0. The Morgan fingerprint density at radius 1 is 0.956 bits per heavy atom. The van der Waals surface area contributed by atoms with Gasteiger partial charge in [-0.05, 0) is 55.7 Å². The number of rotatable bonds is 10. The van der Waals surface area contributed by atoms with Crippen LogP contribution >= 0.6 is 23.4 Å². The van der Waals surface area contributed by atoms with E-state index in [2.05, 4.69) is 10.2 Å². The second-order valence-corrected chi connectivity index (χ2v) is 12.4. The third-order valence-corrected chi connectivity index (χ3v) is 9.04. The van der Waals surface area contributed by atoms with Crippen molar-refractivity contribution in [2.75, 3.05) is 25.4 Å². The minimum Gasteiger partial charge on any atom is -0.339 e. The van der Waals surface area contributed by atoms with E-state index in [0.29, 0.717) is 78.3 Å². The van der Waals surface area contributed by atoms with E-state index >= 15 is 0 Å². The highest BCUT2D eigenvalue weighted by Gasteiger charge is 2.32. The quantitative estimate of drug-likeness (QED) is 0.134. The molecule has 45 heavy (non-hydrogen) atoms. The zero-order valence-electron chi connectivity index (χ0n) is 24.7. The predicted molar refractivity (Wildman–Crippen MR) is 169 cm³/mol. The lowest BCUT2D eigenvalue weighted by atomic mass is 10.1. The summed E-state index contributed by atoms with van der Waals surface area (Å²) in [6, 6.07) is 21.6. The summed E-state index contributed by atoms with van der Waals surface area (Å²) in [5.74, 6) is 1.06. The van der Waals surface area contributed by atoms with E-state index in [9.17, 15) is 22.8 Å². The molecule has 5 rings (SSSR count). The maximum absolute atomic E-state index is 13.5. The summed E-state index contributed by atoms with van der Waals surface area (Å²) in [6.07, 6.45) is -2.34. The van der Waals surface area contributed by atoms with Crippen molar-refractivity contribution in [1.82, 2.24) is 24.6 Å². The standard InChI is InChI=1S/C33H33ClF3N5O2S/c1-23-22-40(17-18-41(23)31(44)27-14-5-6-15-28(27)34)30(43)16-7-8-19-45-32-39-38-29(20-24-10-3-2-4-11-24)42(32)26-13-9-12-25(21-26)33(35,36)37/h2-6,9-15,21,23H,7-8,16-20,22H2,1H3. The maximum atomic E-state index is 13.5. The van der Waals surface area contributed by atoms with Gasteiger partial charge in [0.05, 0.1) is 21.8 Å². The van der Waals surface area contributed by atoms with Gasteiger partial charge in [-0.2, -0.15) is 13.2 Å². The first kappa shape index (κ1) is 32.6. The van der Waals surface area contributed by atoms with Gasteiger partial charge in [-0.25, -0.2) is 0 Å². The second-order valence-electron chi connectivity index (χ2n) is 10.9. The number of halogens is 4. The van der Waals surface area contributed by atoms with Crippen molar-refractivity contribution < 1.29 is 22.8 Å². The number of benzene rings is 3. The fourth-order valence-corrected chi connectivity index (χ4v) is 6.53. The predicted octanol–water partition coefficient (Wildman–Crippen LogP) is 7.17. The van der Waals surface area contributed by atoms with E-state index in [1.165, 1.54) is 17.8 Å². The lowest BCUT2D eigenvalue weighted by Crippen LogP contribution is -2.55. The van der Waals surface area contributed by atoms with E-state index in [0.717, 1.165) is 17.7 Å². The van der Waals surface area contributed by atoms with Crippen molar-refractivity contribution in [3.63, 3.8) is 0 Å². The number of hydrogen-bond donors (Lipinski definition) is 0. The Labute approximate surface area is 269 Å². The highest BCUT2D eigenvalue weighted by atomic mass is 35.5. The first-order valence-corrected chi connectivity index (χ1v) is 16.1. The Morgan fingerprint density at radius 2 is 1.71 bits per heavy atom. The molecule has 3 aromatic carbocycles. The Kier molecular flexibility index (Phi) is 10.5. The summed E-state index contributed by atoms with van der Waals surface area (Å²) < 4.78 is 42.2. The van der Waals surface area contributed by atoms with Gasteiger partial charge in [0.15, 0.2) is 5.16 Å². The van der Waals surface area contributed by atoms with E-state index in [4.69, 9.17) is 11.6 Å². The molecule has 0 spiro atoms. The van der Waals surface area contributed by atoms with Gasteiger partial charge >= 0.3 is 6.18 Å². The van der Waals surface area contributed by atoms with Gasteiger partial charge in [-0.15, -0.1) is 10.2 Å². The monoisotopic (exact) mass is 655 g/mol. The van der Waals surface area contributed by atoms with Crippen LogP contribution in [0.2, 0.25) is 5.02 Å². The van der Waals surface area contributed by atoms with Crippen LogP contribution < -0.4 is 0 Å². The maximum Gasteiger partial charge on any atom is 0.416 e. The van der Waals surface area contributed by atoms with Crippen molar-refractivity contribution in [3.05, 3.63) is 106 Å². The van der Waals surface area contributed by atoms with Crippen molar-refractivity contribution in [1.29, 1.82) is 0 Å². The number of hydrogen-bond acceptors (Lipinski definition) is 5. The molecular formula is C33H33ClF3N5O2S. The summed E-state index contributed by atoms with van der Waals surface area (Å²) in [4.78, 5) is 29.6. The fourth-order valence-electron chi connectivity index (χ4n) is 5.34. The average molecular weight is 656 g/mol. The summed E-state index contributed by atoms with van der Waals surface area (Å²) in [5, 5.41) is 9.56. The first-order chi connectivity index (χ1) is 21.6. The Bertz CT molecular complexity index is 1630. The van der Waals surface area contributed by atoms with Gasteiger partial charge < -0.3 is 9.80 Å². The number of thioether (sulfide) groups is 1. The molecule has 4 aromatic rings. The van der Waals surface area contributed by atoms with Gasteiger partial charge in [-0.3, -0.25) is 14.2 Å². The SMILES string of the molecule is CC1CN(C(=O)CCCCSc2nnc(Cc3ccccc3)n2-c2cccc(C(F)(F)F)c2)CCN1C(=O)c1ccccc1Cl. The van der Waals surface area contributed by atoms with E-state index in [-0.39, 0.29) is 17.9 Å². The third-order valence-electron chi connectivity index (χ3n) is 7.70. The smallest absolute Gasteiger partial charge is 0.339 e. The number of nitrogens with zero attached hydrogens (tertiary/aromatic N) is 5. The molecule has 12 heteroatoms. The third kappa shape index (κ3) is 8.07. The van der Waals surface area contributed by atoms with Crippen LogP contribution in [0, 0.1) is 0 Å². The lowest BCUT2D eigenvalue weighted by molar-refractivity contribution is -0.137. The van der Waals surface area contributed by atoms with Crippen LogP contribution in [0.1, 0.15) is 53.5 Å². The molecule has 1 aliphatic rings. The highest BCUT2D eigenvalue weighted by molar-refractivity contribution is 7.99. The molecule has 1 aliphatic heterocycles. The molecule has 1 aromatic heterocycles. The van der Waals surface area contributed by atoms with Crippen LogP contribution in [-0.2, 0) is 17.4 Å². The summed E-state index contributed by atoms with van der Waals surface area (Å²) in [6.45, 7) is 3.27. The van der Waals surface area contributed by atoms with Crippen LogP contribution in [0.4, 0.5) is 13.2 Å². The Morgan fingerprint density at radius 3 is 2.44 bits per heavy atom. The molecule has 1 fully saturated rings. The Hall–Kier alpha value is -3.83. The van der Waals surface area contributed by atoms with Crippen molar-refractivity contribution in [2.24, 2.45) is 0 Å². The van der Waals surface area contributed by atoms with Crippen LogP contribution in [0.25, 0.3) is 5.69 Å². The molecule has 0 N–H and O–H groups in total. The van der Waals surface area contributed by atoms with Crippen molar-refractivity contribution >= 4 is 35.2 Å². The number of carbonyl (C=O) groups is 2. The fraction of sp³-hybridized carbons (Fsp3) is 0.333. The molecule has 0 aliphatic carbocycles. The molecule has 0 bridgehead atoms. The lowest BCUT2D eigenvalue weighted by Gasteiger charge is -2.40. The minimum atomic E-state index is -4.47. The van der Waals surface area contributed by atoms with Crippen LogP contribution in [0.15, 0.2) is 84.0 Å². The highest BCUT2D eigenvalue weighted by Crippen LogP contribution is 2.32. The van der Waals surface area contributed by atoms with Crippen LogP contribution in [-0.4, -0.2) is 67.8 Å². The topological polar surface area (TPSA) is 71.3 Å². The number of amides is 2. The number of aromatic nitrogens is 3. The molecule has 1 unspecified atom stereocenters. The number of piperazine rings is 1. The molecule has 2 heterocycles. The van der Waals surface area contributed by atoms with Gasteiger partial charge in [0.2, 0.25) is 5.91 Å². The summed E-state index contributed by atoms with van der Waals surface area (Å²) >= 11 is 7.63. The molecule has 1 atom stereocenters. The van der Waals surface area contributed by atoms with Crippen LogP contribution in [0.5, 0.6) is 0 Å². The molecule has 236 valence electrons. The molecule has 7 nitrogen and oxygen atoms in total.